The van der Waals surface area contributed by atoms with Gasteiger partial charge in [0.05, 0.1) is 12.1 Å². The van der Waals surface area contributed by atoms with E-state index in [2.05, 4.69) is 48.9 Å². The van der Waals surface area contributed by atoms with Crippen molar-refractivity contribution in [1.82, 2.24) is 24.8 Å². The van der Waals surface area contributed by atoms with E-state index in [1.807, 2.05) is 6.07 Å². The summed E-state index contributed by atoms with van der Waals surface area (Å²) in [7, 11) is 0. The van der Waals surface area contributed by atoms with Crippen molar-refractivity contribution in [2.75, 3.05) is 49.1 Å². The first-order chi connectivity index (χ1) is 13.9. The first kappa shape index (κ1) is 17.3. The van der Waals surface area contributed by atoms with Gasteiger partial charge >= 0.3 is 0 Å². The molecule has 2 fully saturated rings. The number of rotatable bonds is 4. The quantitative estimate of drug-likeness (QED) is 0.694. The lowest BCUT2D eigenvalue weighted by Gasteiger charge is -2.36. The van der Waals surface area contributed by atoms with Crippen LogP contribution in [0.3, 0.4) is 0 Å². The minimum Gasteiger partial charge on any atom is -0.352 e. The summed E-state index contributed by atoms with van der Waals surface area (Å²) in [5, 5.41) is 1.14. The lowest BCUT2D eigenvalue weighted by molar-refractivity contribution is 0.323. The zero-order valence-corrected chi connectivity index (χ0v) is 16.0. The highest BCUT2D eigenvalue weighted by Crippen LogP contribution is 2.26. The molecular formula is C21H25N7. The molecule has 2 saturated heterocycles. The molecule has 0 amide bonds. The van der Waals surface area contributed by atoms with Crippen LogP contribution in [0, 0.1) is 0 Å². The van der Waals surface area contributed by atoms with Crippen LogP contribution in [0.5, 0.6) is 0 Å². The monoisotopic (exact) mass is 375 g/mol. The maximum absolute atomic E-state index is 5.01. The van der Waals surface area contributed by atoms with Gasteiger partial charge in [-0.25, -0.2) is 19.9 Å². The third kappa shape index (κ3) is 3.49. The highest BCUT2D eigenvalue weighted by atomic mass is 15.3. The van der Waals surface area contributed by atoms with Gasteiger partial charge in [-0.1, -0.05) is 12.1 Å². The Kier molecular flexibility index (Phi) is 4.74. The molecule has 0 saturated carbocycles. The standard InChI is InChI=1S/C21H25N7/c1-2-7-18-17(6-1)20(25-19(24-18)16-26-10-3-4-11-26)27-12-14-28(15-13-27)21-22-8-5-9-23-21/h1-2,5-9H,3-4,10-16H2. The number of likely N-dealkylation sites (tertiary alicyclic amines) is 1. The Morgan fingerprint density at radius 1 is 0.750 bits per heavy atom. The predicted octanol–water partition coefficient (Wildman–Crippen LogP) is 2.34. The molecule has 0 spiro atoms. The summed E-state index contributed by atoms with van der Waals surface area (Å²) in [6.07, 6.45) is 6.17. The van der Waals surface area contributed by atoms with Crippen molar-refractivity contribution >= 4 is 22.7 Å². The normalized spacial score (nSPS) is 18.1. The number of anilines is 2. The van der Waals surface area contributed by atoms with Crippen LogP contribution < -0.4 is 9.80 Å². The maximum atomic E-state index is 5.01. The molecule has 0 N–H and O–H groups in total. The summed E-state index contributed by atoms with van der Waals surface area (Å²) in [5.74, 6) is 2.81. The van der Waals surface area contributed by atoms with Crippen molar-refractivity contribution in [2.24, 2.45) is 0 Å². The van der Waals surface area contributed by atoms with Crippen LogP contribution in [0.2, 0.25) is 0 Å². The number of piperazine rings is 1. The molecule has 0 aliphatic carbocycles. The summed E-state index contributed by atoms with van der Waals surface area (Å²) < 4.78 is 0. The third-order valence-electron chi connectivity index (χ3n) is 5.61. The molecule has 2 aliphatic heterocycles. The molecule has 0 bridgehead atoms. The zero-order valence-electron chi connectivity index (χ0n) is 16.0. The van der Waals surface area contributed by atoms with Crippen LogP contribution >= 0.6 is 0 Å². The number of aromatic nitrogens is 4. The van der Waals surface area contributed by atoms with E-state index in [1.54, 1.807) is 12.4 Å². The maximum Gasteiger partial charge on any atom is 0.225 e. The van der Waals surface area contributed by atoms with E-state index in [0.29, 0.717) is 0 Å². The van der Waals surface area contributed by atoms with Crippen LogP contribution in [0.25, 0.3) is 10.9 Å². The Balaban J connectivity index is 1.40. The number of para-hydroxylation sites is 1. The smallest absolute Gasteiger partial charge is 0.225 e. The molecule has 0 unspecified atom stereocenters. The van der Waals surface area contributed by atoms with Gasteiger partial charge in [-0.15, -0.1) is 0 Å². The minimum absolute atomic E-state index is 0.810. The molecule has 0 atom stereocenters. The molecule has 0 radical (unpaired) electrons. The summed E-state index contributed by atoms with van der Waals surface area (Å²) in [5.41, 5.74) is 1.04. The molecule has 4 heterocycles. The number of benzene rings is 1. The fourth-order valence-corrected chi connectivity index (χ4v) is 4.13. The highest BCUT2D eigenvalue weighted by Gasteiger charge is 2.23. The van der Waals surface area contributed by atoms with Gasteiger partial charge in [0.1, 0.15) is 11.6 Å². The van der Waals surface area contributed by atoms with E-state index in [9.17, 15) is 0 Å². The average Bonchev–Trinajstić information content (AvgIpc) is 3.27. The predicted molar refractivity (Wildman–Crippen MR) is 111 cm³/mol. The molecule has 2 aliphatic rings. The number of hydrogen-bond acceptors (Lipinski definition) is 7. The van der Waals surface area contributed by atoms with E-state index in [0.717, 1.165) is 74.3 Å². The summed E-state index contributed by atoms with van der Waals surface area (Å²) in [4.78, 5) is 25.7. The van der Waals surface area contributed by atoms with Crippen LogP contribution in [0.1, 0.15) is 18.7 Å². The lowest BCUT2D eigenvalue weighted by atomic mass is 10.2. The van der Waals surface area contributed by atoms with E-state index in [-0.39, 0.29) is 0 Å². The Labute approximate surface area is 165 Å². The molecule has 2 aromatic heterocycles. The van der Waals surface area contributed by atoms with Gasteiger partial charge in [-0.2, -0.15) is 0 Å². The molecule has 7 nitrogen and oxygen atoms in total. The first-order valence-corrected chi connectivity index (χ1v) is 10.1. The van der Waals surface area contributed by atoms with Gasteiger partial charge in [0.15, 0.2) is 0 Å². The molecule has 144 valence electrons. The molecule has 3 aromatic rings. The highest BCUT2D eigenvalue weighted by molar-refractivity contribution is 5.89. The van der Waals surface area contributed by atoms with Gasteiger partial charge < -0.3 is 9.80 Å². The summed E-state index contributed by atoms with van der Waals surface area (Å²) in [6, 6.07) is 10.2. The second kappa shape index (κ2) is 7.67. The van der Waals surface area contributed by atoms with Crippen molar-refractivity contribution in [2.45, 2.75) is 19.4 Å². The van der Waals surface area contributed by atoms with Gasteiger partial charge in [0.2, 0.25) is 5.95 Å². The second-order valence-corrected chi connectivity index (χ2v) is 7.49. The van der Waals surface area contributed by atoms with Crippen LogP contribution in [-0.2, 0) is 6.54 Å². The SMILES string of the molecule is c1cnc(N2CCN(c3nc(CN4CCCC4)nc4ccccc34)CC2)nc1. The van der Waals surface area contributed by atoms with Crippen molar-refractivity contribution in [3.63, 3.8) is 0 Å². The number of hydrogen-bond donors (Lipinski definition) is 0. The van der Waals surface area contributed by atoms with Crippen molar-refractivity contribution < 1.29 is 0 Å². The summed E-state index contributed by atoms with van der Waals surface area (Å²) in [6.45, 7) is 6.75. The van der Waals surface area contributed by atoms with Crippen molar-refractivity contribution in [1.29, 1.82) is 0 Å². The van der Waals surface area contributed by atoms with Crippen molar-refractivity contribution in [3.8, 4) is 0 Å². The summed E-state index contributed by atoms with van der Waals surface area (Å²) >= 11 is 0. The fraction of sp³-hybridized carbons (Fsp3) is 0.429. The molecular weight excluding hydrogens is 350 g/mol. The van der Waals surface area contributed by atoms with Crippen LogP contribution in [0.4, 0.5) is 11.8 Å². The Hall–Kier alpha value is -2.80. The lowest BCUT2D eigenvalue weighted by Crippen LogP contribution is -2.47. The van der Waals surface area contributed by atoms with Crippen molar-refractivity contribution in [3.05, 3.63) is 48.5 Å². The van der Waals surface area contributed by atoms with Crippen LogP contribution in [0.15, 0.2) is 42.7 Å². The Bertz CT molecular complexity index is 932. The fourth-order valence-electron chi connectivity index (χ4n) is 4.13. The third-order valence-corrected chi connectivity index (χ3v) is 5.61. The average molecular weight is 375 g/mol. The van der Waals surface area contributed by atoms with Gasteiger partial charge in [0.25, 0.3) is 0 Å². The van der Waals surface area contributed by atoms with Crippen LogP contribution in [-0.4, -0.2) is 64.1 Å². The Morgan fingerprint density at radius 3 is 2.25 bits per heavy atom. The van der Waals surface area contributed by atoms with E-state index >= 15 is 0 Å². The molecule has 5 rings (SSSR count). The first-order valence-electron chi connectivity index (χ1n) is 10.1. The second-order valence-electron chi connectivity index (χ2n) is 7.49. The van der Waals surface area contributed by atoms with Gasteiger partial charge in [0, 0.05) is 44.0 Å². The number of nitrogens with zero attached hydrogens (tertiary/aromatic N) is 7. The van der Waals surface area contributed by atoms with E-state index < -0.39 is 0 Å². The topological polar surface area (TPSA) is 61.3 Å². The van der Waals surface area contributed by atoms with E-state index in [1.165, 1.54) is 12.8 Å². The van der Waals surface area contributed by atoms with Gasteiger partial charge in [-0.05, 0) is 44.1 Å². The number of fused-ring (bicyclic) bond motifs is 1. The largest absolute Gasteiger partial charge is 0.352 e. The minimum atomic E-state index is 0.810. The molecule has 1 aromatic carbocycles. The molecule has 28 heavy (non-hydrogen) atoms. The van der Waals surface area contributed by atoms with E-state index in [4.69, 9.17) is 9.97 Å². The zero-order chi connectivity index (χ0) is 18.8. The molecule has 7 heteroatoms. The van der Waals surface area contributed by atoms with Gasteiger partial charge in [-0.3, -0.25) is 4.90 Å². The Morgan fingerprint density at radius 2 is 1.46 bits per heavy atom.